The van der Waals surface area contributed by atoms with E-state index in [2.05, 4.69) is 10.1 Å². The van der Waals surface area contributed by atoms with E-state index in [0.717, 1.165) is 4.90 Å². The van der Waals surface area contributed by atoms with E-state index in [1.54, 1.807) is 0 Å². The lowest BCUT2D eigenvalue weighted by molar-refractivity contribution is -0.297. The fourth-order valence-electron chi connectivity index (χ4n) is 2.08. The van der Waals surface area contributed by atoms with Gasteiger partial charge in [-0.3, -0.25) is 4.79 Å². The molecule has 0 aliphatic carbocycles. The quantitative estimate of drug-likeness (QED) is 0.645. The van der Waals surface area contributed by atoms with E-state index in [-0.39, 0.29) is 32.5 Å². The summed E-state index contributed by atoms with van der Waals surface area (Å²) < 4.78 is 30.8. The molecule has 2 N–H and O–H groups in total. The first-order valence-corrected chi connectivity index (χ1v) is 5.19. The predicted octanol–water partition coefficient (Wildman–Crippen LogP) is 0.238. The fourth-order valence-corrected chi connectivity index (χ4v) is 2.08. The molecule has 2 aliphatic heterocycles. The highest BCUT2D eigenvalue weighted by Crippen LogP contribution is 2.35. The maximum atomic E-state index is 13.1. The highest BCUT2D eigenvalue weighted by molar-refractivity contribution is 5.82. The average molecular weight is 250 g/mol. The minimum atomic E-state index is -3.83. The standard InChI is InChI=1S/C9H12F2N2O4/c10-9(11)6(14)12-5-8(17-9)1-3-13(4-2-8)7(15)16/h1-5H2,(H,12,14)(H,15,16). The van der Waals surface area contributed by atoms with Gasteiger partial charge in [-0.2, -0.15) is 8.78 Å². The molecule has 2 heterocycles. The molecule has 2 rings (SSSR count). The van der Waals surface area contributed by atoms with Gasteiger partial charge in [-0.1, -0.05) is 0 Å². The summed E-state index contributed by atoms with van der Waals surface area (Å²) in [5.74, 6) is -1.44. The number of hydrogen-bond donors (Lipinski definition) is 2. The lowest BCUT2D eigenvalue weighted by Crippen LogP contribution is -2.63. The van der Waals surface area contributed by atoms with Crippen molar-refractivity contribution in [2.24, 2.45) is 0 Å². The van der Waals surface area contributed by atoms with Crippen LogP contribution in [0, 0.1) is 0 Å². The maximum absolute atomic E-state index is 13.1. The number of amides is 2. The number of morpholine rings is 1. The molecule has 0 atom stereocenters. The zero-order chi connectivity index (χ0) is 12.7. The highest BCUT2D eigenvalue weighted by Gasteiger charge is 2.54. The van der Waals surface area contributed by atoms with Gasteiger partial charge >= 0.3 is 18.1 Å². The summed E-state index contributed by atoms with van der Waals surface area (Å²) in [5, 5.41) is 10.8. The SMILES string of the molecule is O=C(O)N1CCC2(CC1)CNC(=O)C(F)(F)O2. The Morgan fingerprint density at radius 1 is 1.41 bits per heavy atom. The Bertz CT molecular complexity index is 353. The molecule has 17 heavy (non-hydrogen) atoms. The van der Waals surface area contributed by atoms with E-state index in [4.69, 9.17) is 5.11 Å². The number of halogens is 2. The number of nitrogens with zero attached hydrogens (tertiary/aromatic N) is 1. The summed E-state index contributed by atoms with van der Waals surface area (Å²) in [4.78, 5) is 22.6. The number of alkyl halides is 2. The minimum absolute atomic E-state index is 0.00508. The molecule has 2 aliphatic rings. The molecule has 0 aromatic carbocycles. The van der Waals surface area contributed by atoms with Crippen LogP contribution in [0.3, 0.4) is 0 Å². The van der Waals surface area contributed by atoms with Gasteiger partial charge < -0.3 is 20.1 Å². The number of carboxylic acid groups (broad SMARTS) is 1. The maximum Gasteiger partial charge on any atom is 0.437 e. The molecule has 0 bridgehead atoms. The van der Waals surface area contributed by atoms with Crippen LogP contribution in [-0.2, 0) is 9.53 Å². The van der Waals surface area contributed by atoms with Gasteiger partial charge in [0.05, 0.1) is 5.60 Å². The largest absolute Gasteiger partial charge is 0.465 e. The van der Waals surface area contributed by atoms with Crippen molar-refractivity contribution in [1.82, 2.24) is 10.2 Å². The first-order valence-electron chi connectivity index (χ1n) is 5.19. The van der Waals surface area contributed by atoms with Crippen LogP contribution in [0.2, 0.25) is 0 Å². The van der Waals surface area contributed by atoms with Crippen molar-refractivity contribution in [3.63, 3.8) is 0 Å². The number of hydrogen-bond acceptors (Lipinski definition) is 3. The van der Waals surface area contributed by atoms with Crippen LogP contribution in [-0.4, -0.2) is 53.4 Å². The molecular formula is C9H12F2N2O4. The molecule has 96 valence electrons. The summed E-state index contributed by atoms with van der Waals surface area (Å²) in [6.07, 6.45) is -4.61. The average Bonchev–Trinajstić information content (AvgIpc) is 2.24. The van der Waals surface area contributed by atoms with Crippen LogP contribution in [0.15, 0.2) is 0 Å². The topological polar surface area (TPSA) is 78.9 Å². The molecule has 2 fully saturated rings. The molecule has 0 unspecified atom stereocenters. The van der Waals surface area contributed by atoms with E-state index in [0.29, 0.717) is 0 Å². The Balaban J connectivity index is 2.04. The van der Waals surface area contributed by atoms with Gasteiger partial charge in [0.2, 0.25) is 0 Å². The van der Waals surface area contributed by atoms with Gasteiger partial charge in [0.15, 0.2) is 0 Å². The van der Waals surface area contributed by atoms with Gasteiger partial charge in [0.1, 0.15) is 0 Å². The highest BCUT2D eigenvalue weighted by atomic mass is 19.3. The van der Waals surface area contributed by atoms with Crippen molar-refractivity contribution in [3.05, 3.63) is 0 Å². The first-order chi connectivity index (χ1) is 7.85. The molecule has 0 aromatic rings. The number of ether oxygens (including phenoxy) is 1. The third-order valence-electron chi connectivity index (χ3n) is 3.13. The van der Waals surface area contributed by atoms with Crippen molar-refractivity contribution in [2.45, 2.75) is 24.6 Å². The second-order valence-corrected chi connectivity index (χ2v) is 4.25. The number of likely N-dealkylation sites (tertiary alicyclic amines) is 1. The summed E-state index contributed by atoms with van der Waals surface area (Å²) in [6, 6.07) is 0. The molecule has 2 amide bonds. The second-order valence-electron chi connectivity index (χ2n) is 4.25. The zero-order valence-electron chi connectivity index (χ0n) is 8.91. The Kier molecular flexibility index (Phi) is 2.69. The third kappa shape index (κ3) is 2.17. The number of carbonyl (C=O) groups is 2. The van der Waals surface area contributed by atoms with Crippen LogP contribution >= 0.6 is 0 Å². The molecule has 8 heteroatoms. The molecule has 0 saturated carbocycles. The number of piperidine rings is 1. The Morgan fingerprint density at radius 3 is 2.47 bits per heavy atom. The zero-order valence-corrected chi connectivity index (χ0v) is 8.91. The van der Waals surface area contributed by atoms with E-state index in [9.17, 15) is 18.4 Å². The van der Waals surface area contributed by atoms with Gasteiger partial charge in [-0.05, 0) is 12.8 Å². The van der Waals surface area contributed by atoms with Crippen molar-refractivity contribution in [1.29, 1.82) is 0 Å². The van der Waals surface area contributed by atoms with Crippen LogP contribution < -0.4 is 5.32 Å². The van der Waals surface area contributed by atoms with Crippen LogP contribution in [0.5, 0.6) is 0 Å². The Labute approximate surface area is 95.5 Å². The lowest BCUT2D eigenvalue weighted by Gasteiger charge is -2.44. The van der Waals surface area contributed by atoms with Crippen LogP contribution in [0.4, 0.5) is 13.6 Å². The van der Waals surface area contributed by atoms with E-state index < -0.39 is 23.7 Å². The monoisotopic (exact) mass is 250 g/mol. The van der Waals surface area contributed by atoms with Crippen molar-refractivity contribution in [3.8, 4) is 0 Å². The lowest BCUT2D eigenvalue weighted by atomic mass is 9.90. The van der Waals surface area contributed by atoms with Crippen molar-refractivity contribution < 1.29 is 28.2 Å². The molecule has 1 spiro atoms. The molecule has 0 radical (unpaired) electrons. The first kappa shape index (κ1) is 12.0. The van der Waals surface area contributed by atoms with E-state index in [1.165, 1.54) is 0 Å². The predicted molar refractivity (Wildman–Crippen MR) is 50.6 cm³/mol. The van der Waals surface area contributed by atoms with E-state index >= 15 is 0 Å². The summed E-state index contributed by atoms with van der Waals surface area (Å²) in [5.41, 5.74) is -1.15. The van der Waals surface area contributed by atoms with Crippen LogP contribution in [0.25, 0.3) is 0 Å². The van der Waals surface area contributed by atoms with Gasteiger partial charge in [-0.15, -0.1) is 0 Å². The summed E-state index contributed by atoms with van der Waals surface area (Å²) in [6.45, 7) is 0.247. The summed E-state index contributed by atoms with van der Waals surface area (Å²) in [7, 11) is 0. The smallest absolute Gasteiger partial charge is 0.437 e. The van der Waals surface area contributed by atoms with Crippen molar-refractivity contribution in [2.75, 3.05) is 19.6 Å². The Morgan fingerprint density at radius 2 is 2.00 bits per heavy atom. The van der Waals surface area contributed by atoms with Gasteiger partial charge in [-0.25, -0.2) is 4.79 Å². The molecule has 6 nitrogen and oxygen atoms in total. The van der Waals surface area contributed by atoms with E-state index in [1.807, 2.05) is 0 Å². The number of nitrogens with one attached hydrogen (secondary N) is 1. The summed E-state index contributed by atoms with van der Waals surface area (Å²) >= 11 is 0. The molecule has 2 saturated heterocycles. The molecule has 0 aromatic heterocycles. The normalized spacial score (nSPS) is 26.7. The van der Waals surface area contributed by atoms with Crippen LogP contribution in [0.1, 0.15) is 12.8 Å². The molecular weight excluding hydrogens is 238 g/mol. The Hall–Kier alpha value is -1.44. The second kappa shape index (κ2) is 3.80. The number of rotatable bonds is 0. The fraction of sp³-hybridized carbons (Fsp3) is 0.778. The van der Waals surface area contributed by atoms with Gasteiger partial charge in [0.25, 0.3) is 0 Å². The third-order valence-corrected chi connectivity index (χ3v) is 3.13. The minimum Gasteiger partial charge on any atom is -0.465 e. The van der Waals surface area contributed by atoms with Gasteiger partial charge in [0, 0.05) is 19.6 Å². The van der Waals surface area contributed by atoms with Crippen molar-refractivity contribution >= 4 is 12.0 Å². The number of carbonyl (C=O) groups excluding carboxylic acids is 1.